The highest BCUT2D eigenvalue weighted by molar-refractivity contribution is 8.26. The predicted octanol–water partition coefficient (Wildman–Crippen LogP) is 4.49. The number of aromatic nitrogens is 1. The molecule has 4 rings (SSSR count). The summed E-state index contributed by atoms with van der Waals surface area (Å²) in [4.78, 5) is 31.0. The molecule has 2 aromatic rings. The molecule has 0 saturated carbocycles. The van der Waals surface area contributed by atoms with Crippen LogP contribution < -0.4 is 15.2 Å². The van der Waals surface area contributed by atoms with Crippen molar-refractivity contribution in [3.63, 3.8) is 0 Å². The monoisotopic (exact) mass is 522 g/mol. The Hall–Kier alpha value is -3.09. The van der Waals surface area contributed by atoms with Gasteiger partial charge in [-0.15, -0.1) is 0 Å². The van der Waals surface area contributed by atoms with Crippen molar-refractivity contribution in [2.75, 3.05) is 31.6 Å². The lowest BCUT2D eigenvalue weighted by Gasteiger charge is -2.26. The maximum Gasteiger partial charge on any atom is 0.270 e. The summed E-state index contributed by atoms with van der Waals surface area (Å²) in [5.41, 5.74) is 2.33. The molecule has 1 amide bonds. The molecule has 188 valence electrons. The number of benzene rings is 1. The van der Waals surface area contributed by atoms with Gasteiger partial charge in [-0.2, -0.15) is 5.26 Å². The normalized spacial score (nSPS) is 16.8. The standard InChI is InChI=1S/C27H30N4O3S2/c1-4-12-30-24(29-13-5-6-14-29)21(18(2)22(17-28)25(30)32)16-23-26(33)31(27(35)36-23)15-11-19-7-9-20(34-3)10-8-19/h7-10,16H,4-6,11-15H2,1-3H3/b23-16+. The average molecular weight is 523 g/mol. The van der Waals surface area contributed by atoms with Gasteiger partial charge < -0.3 is 9.64 Å². The molecule has 7 nitrogen and oxygen atoms in total. The van der Waals surface area contributed by atoms with Gasteiger partial charge in [-0.25, -0.2) is 0 Å². The van der Waals surface area contributed by atoms with Crippen molar-refractivity contribution < 1.29 is 9.53 Å². The highest BCUT2D eigenvalue weighted by Crippen LogP contribution is 2.36. The molecule has 2 saturated heterocycles. The van der Waals surface area contributed by atoms with Gasteiger partial charge in [0.2, 0.25) is 0 Å². The van der Waals surface area contributed by atoms with Crippen molar-refractivity contribution in [2.45, 2.75) is 46.1 Å². The van der Waals surface area contributed by atoms with Crippen LogP contribution in [-0.4, -0.2) is 46.4 Å². The van der Waals surface area contributed by atoms with E-state index in [0.717, 1.165) is 55.0 Å². The van der Waals surface area contributed by atoms with Crippen LogP contribution in [0.25, 0.3) is 6.08 Å². The van der Waals surface area contributed by atoms with Crippen molar-refractivity contribution in [3.05, 3.63) is 61.8 Å². The number of hydrogen-bond acceptors (Lipinski definition) is 7. The van der Waals surface area contributed by atoms with Crippen molar-refractivity contribution in [3.8, 4) is 11.8 Å². The van der Waals surface area contributed by atoms with E-state index in [4.69, 9.17) is 17.0 Å². The second kappa shape index (κ2) is 11.3. The van der Waals surface area contributed by atoms with Crippen LogP contribution in [0.1, 0.15) is 48.4 Å². The fourth-order valence-electron chi connectivity index (χ4n) is 4.70. The van der Waals surface area contributed by atoms with Gasteiger partial charge in [0, 0.05) is 31.7 Å². The van der Waals surface area contributed by atoms with E-state index in [1.54, 1.807) is 23.5 Å². The van der Waals surface area contributed by atoms with Crippen LogP contribution in [0, 0.1) is 18.3 Å². The second-order valence-corrected chi connectivity index (χ2v) is 10.6. The summed E-state index contributed by atoms with van der Waals surface area (Å²) in [6.07, 6.45) is 5.37. The summed E-state index contributed by atoms with van der Waals surface area (Å²) in [5.74, 6) is 1.45. The Morgan fingerprint density at radius 2 is 1.86 bits per heavy atom. The van der Waals surface area contributed by atoms with E-state index < -0.39 is 0 Å². The van der Waals surface area contributed by atoms with Gasteiger partial charge in [0.05, 0.1) is 12.0 Å². The summed E-state index contributed by atoms with van der Waals surface area (Å²) in [6, 6.07) is 9.88. The van der Waals surface area contributed by atoms with E-state index >= 15 is 0 Å². The molecule has 0 bridgehead atoms. The molecule has 0 unspecified atom stereocenters. The highest BCUT2D eigenvalue weighted by Gasteiger charge is 2.33. The number of nitriles is 1. The zero-order valence-electron chi connectivity index (χ0n) is 20.9. The third-order valence-electron chi connectivity index (χ3n) is 6.63. The van der Waals surface area contributed by atoms with E-state index in [9.17, 15) is 14.9 Å². The topological polar surface area (TPSA) is 78.6 Å². The van der Waals surface area contributed by atoms with Crippen LogP contribution in [0.15, 0.2) is 34.0 Å². The molecule has 36 heavy (non-hydrogen) atoms. The first-order chi connectivity index (χ1) is 17.4. The number of methoxy groups -OCH3 is 1. The van der Waals surface area contributed by atoms with E-state index in [2.05, 4.69) is 11.0 Å². The fourth-order valence-corrected chi connectivity index (χ4v) is 5.99. The lowest BCUT2D eigenvalue weighted by molar-refractivity contribution is -0.122. The smallest absolute Gasteiger partial charge is 0.270 e. The van der Waals surface area contributed by atoms with Crippen molar-refractivity contribution in [1.29, 1.82) is 5.26 Å². The van der Waals surface area contributed by atoms with E-state index in [0.29, 0.717) is 34.3 Å². The third-order valence-corrected chi connectivity index (χ3v) is 8.01. The summed E-state index contributed by atoms with van der Waals surface area (Å²) in [6.45, 7) is 6.50. The molecule has 9 heteroatoms. The first-order valence-electron chi connectivity index (χ1n) is 12.2. The Morgan fingerprint density at radius 3 is 2.47 bits per heavy atom. The van der Waals surface area contributed by atoms with Gasteiger partial charge in [0.15, 0.2) is 0 Å². The van der Waals surface area contributed by atoms with Gasteiger partial charge in [-0.1, -0.05) is 43.0 Å². The van der Waals surface area contributed by atoms with Crippen LogP contribution in [0.4, 0.5) is 5.82 Å². The van der Waals surface area contributed by atoms with Crippen LogP contribution in [0.3, 0.4) is 0 Å². The van der Waals surface area contributed by atoms with Crippen LogP contribution in [-0.2, 0) is 17.8 Å². The molecule has 3 heterocycles. The van der Waals surface area contributed by atoms with Crippen LogP contribution >= 0.6 is 24.0 Å². The first kappa shape index (κ1) is 26.0. The van der Waals surface area contributed by atoms with Gasteiger partial charge in [-0.3, -0.25) is 19.1 Å². The number of ether oxygens (including phenoxy) is 1. The van der Waals surface area contributed by atoms with E-state index in [-0.39, 0.29) is 17.0 Å². The van der Waals surface area contributed by atoms with Crippen molar-refractivity contribution in [1.82, 2.24) is 9.47 Å². The molecule has 1 aromatic carbocycles. The molecule has 0 aliphatic carbocycles. The fraction of sp³-hybridized carbons (Fsp3) is 0.407. The summed E-state index contributed by atoms with van der Waals surface area (Å²) < 4.78 is 7.45. The van der Waals surface area contributed by atoms with Gasteiger partial charge in [0.25, 0.3) is 11.5 Å². The Balaban J connectivity index is 1.69. The van der Waals surface area contributed by atoms with Gasteiger partial charge in [-0.05, 0) is 61.9 Å². The lowest BCUT2D eigenvalue weighted by atomic mass is 10.0. The number of carbonyl (C=O) groups is 1. The van der Waals surface area contributed by atoms with Gasteiger partial charge in [0.1, 0.15) is 27.5 Å². The Bertz CT molecular complexity index is 1300. The summed E-state index contributed by atoms with van der Waals surface area (Å²) in [7, 11) is 1.63. The minimum atomic E-state index is -0.261. The maximum absolute atomic E-state index is 13.4. The third kappa shape index (κ3) is 5.06. The number of carbonyl (C=O) groups excluding carboxylic acids is 1. The zero-order valence-corrected chi connectivity index (χ0v) is 22.5. The number of anilines is 1. The van der Waals surface area contributed by atoms with Crippen molar-refractivity contribution >= 4 is 46.1 Å². The van der Waals surface area contributed by atoms with Gasteiger partial charge >= 0.3 is 0 Å². The molecule has 0 spiro atoms. The molecule has 2 fully saturated rings. The van der Waals surface area contributed by atoms with Crippen LogP contribution in [0.5, 0.6) is 5.75 Å². The van der Waals surface area contributed by atoms with Crippen molar-refractivity contribution in [2.24, 2.45) is 0 Å². The molecule has 0 atom stereocenters. The number of hydrogen-bond donors (Lipinski definition) is 0. The zero-order chi connectivity index (χ0) is 25.8. The summed E-state index contributed by atoms with van der Waals surface area (Å²) >= 11 is 6.84. The Labute approximate surface area is 221 Å². The molecular weight excluding hydrogens is 492 g/mol. The average Bonchev–Trinajstić information content (AvgIpc) is 3.50. The number of thioether (sulfide) groups is 1. The molecular formula is C27H30N4O3S2. The van der Waals surface area contributed by atoms with E-state index in [1.165, 1.54) is 11.8 Å². The lowest BCUT2D eigenvalue weighted by Crippen LogP contribution is -2.33. The predicted molar refractivity (Wildman–Crippen MR) is 148 cm³/mol. The minimum absolute atomic E-state index is 0.132. The van der Waals surface area contributed by atoms with Crippen LogP contribution in [0.2, 0.25) is 0 Å². The molecule has 2 aliphatic rings. The summed E-state index contributed by atoms with van der Waals surface area (Å²) in [5, 5.41) is 9.77. The maximum atomic E-state index is 13.4. The number of pyridine rings is 1. The van der Waals surface area contributed by atoms with E-state index in [1.807, 2.05) is 37.3 Å². The Morgan fingerprint density at radius 1 is 1.17 bits per heavy atom. The number of thiocarbonyl (C=S) groups is 1. The number of nitrogens with zero attached hydrogens (tertiary/aromatic N) is 4. The first-order valence-corrected chi connectivity index (χ1v) is 13.4. The highest BCUT2D eigenvalue weighted by atomic mass is 32.2. The molecule has 1 aromatic heterocycles. The molecule has 2 aliphatic heterocycles. The molecule has 0 N–H and O–H groups in total. The number of amides is 1. The number of rotatable bonds is 8. The minimum Gasteiger partial charge on any atom is -0.497 e. The second-order valence-electron chi connectivity index (χ2n) is 8.93. The quantitative estimate of drug-likeness (QED) is 0.373. The largest absolute Gasteiger partial charge is 0.497 e. The Kier molecular flexibility index (Phi) is 8.17. The SMILES string of the molecule is CCCn1c(N2CCCC2)c(/C=C2/SC(=S)N(CCc3ccc(OC)cc3)C2=O)c(C)c(C#N)c1=O. The molecule has 0 radical (unpaired) electrons.